The van der Waals surface area contributed by atoms with E-state index in [1.165, 1.54) is 4.88 Å². The molecule has 31 heavy (non-hydrogen) atoms. The Labute approximate surface area is 190 Å². The second kappa shape index (κ2) is 9.68. The Hall–Kier alpha value is -2.61. The van der Waals surface area contributed by atoms with Crippen molar-refractivity contribution in [2.24, 2.45) is 0 Å². The van der Waals surface area contributed by atoms with Gasteiger partial charge in [0.2, 0.25) is 0 Å². The molecule has 0 bridgehead atoms. The highest BCUT2D eigenvalue weighted by Gasteiger charge is 2.26. The molecule has 3 aromatic rings. The molecule has 0 fully saturated rings. The second-order valence-electron chi connectivity index (χ2n) is 7.38. The maximum Gasteiger partial charge on any atom is 0.258 e. The minimum absolute atomic E-state index is 0.156. The van der Waals surface area contributed by atoms with Gasteiger partial charge in [0.1, 0.15) is 5.00 Å². The molecule has 1 aliphatic rings. The molecule has 0 saturated heterocycles. The van der Waals surface area contributed by atoms with Gasteiger partial charge >= 0.3 is 0 Å². The molecule has 0 aliphatic heterocycles. The van der Waals surface area contributed by atoms with Crippen molar-refractivity contribution in [3.63, 3.8) is 0 Å². The minimum Gasteiger partial charge on any atom is -0.383 e. The number of aryl methyl sites for hydroxylation is 1. The van der Waals surface area contributed by atoms with Crippen LogP contribution in [0.5, 0.6) is 0 Å². The smallest absolute Gasteiger partial charge is 0.258 e. The fraction of sp³-hybridized carbons (Fsp3) is 0.304. The van der Waals surface area contributed by atoms with Gasteiger partial charge in [0.05, 0.1) is 22.8 Å². The van der Waals surface area contributed by atoms with Crippen molar-refractivity contribution < 1.29 is 14.3 Å². The Bertz CT molecular complexity index is 1090. The van der Waals surface area contributed by atoms with Gasteiger partial charge in [0.15, 0.2) is 0 Å². The van der Waals surface area contributed by atoms with E-state index in [9.17, 15) is 9.59 Å². The summed E-state index contributed by atoms with van der Waals surface area (Å²) in [6.07, 6.45) is 8.10. The van der Waals surface area contributed by atoms with E-state index in [0.717, 1.165) is 41.8 Å². The Morgan fingerprint density at radius 3 is 2.68 bits per heavy atom. The summed E-state index contributed by atoms with van der Waals surface area (Å²) in [7, 11) is 1.57. The van der Waals surface area contributed by atoms with Gasteiger partial charge in [-0.05, 0) is 61.6 Å². The Kier molecular flexibility index (Phi) is 6.75. The molecule has 4 rings (SSSR count). The summed E-state index contributed by atoms with van der Waals surface area (Å²) in [6.45, 7) is 0.821. The first-order valence-corrected chi connectivity index (χ1v) is 11.4. The van der Waals surface area contributed by atoms with Gasteiger partial charge in [-0.3, -0.25) is 9.59 Å². The molecule has 0 spiro atoms. The lowest BCUT2D eigenvalue weighted by Crippen LogP contribution is -2.27. The predicted octanol–water partition coefficient (Wildman–Crippen LogP) is 4.70. The van der Waals surface area contributed by atoms with Crippen LogP contribution in [0.1, 0.15) is 44.0 Å². The van der Waals surface area contributed by atoms with E-state index in [2.05, 4.69) is 10.6 Å². The highest BCUT2D eigenvalue weighted by atomic mass is 35.5. The maximum atomic E-state index is 13.3. The Balaban J connectivity index is 1.57. The van der Waals surface area contributed by atoms with Crippen molar-refractivity contribution in [3.8, 4) is 5.00 Å². The van der Waals surface area contributed by atoms with Gasteiger partial charge in [-0.15, -0.1) is 11.3 Å². The number of benzene rings is 1. The highest BCUT2D eigenvalue weighted by molar-refractivity contribution is 7.15. The van der Waals surface area contributed by atoms with Crippen LogP contribution in [0.15, 0.2) is 42.7 Å². The molecule has 0 saturated carbocycles. The van der Waals surface area contributed by atoms with E-state index in [-0.39, 0.29) is 16.8 Å². The Morgan fingerprint density at radius 2 is 1.94 bits per heavy atom. The number of amides is 2. The summed E-state index contributed by atoms with van der Waals surface area (Å²) in [6, 6.07) is 8.84. The number of halogens is 1. The number of fused-ring (bicyclic) bond motifs is 1. The number of carbonyl (C=O) groups excluding carboxylic acids is 2. The minimum atomic E-state index is -0.276. The van der Waals surface area contributed by atoms with Crippen LogP contribution in [-0.2, 0) is 17.6 Å². The molecule has 2 aromatic heterocycles. The van der Waals surface area contributed by atoms with E-state index in [1.807, 2.05) is 29.1 Å². The number of hydrogen-bond donors (Lipinski definition) is 2. The van der Waals surface area contributed by atoms with Crippen molar-refractivity contribution in [2.75, 3.05) is 25.6 Å². The standard InChI is InChI=1S/C23H24ClN3O3S/c1-30-13-10-25-21(28)16-9-8-15(14-18(16)24)26-22(29)20-17-6-2-3-7-19(17)31-23(20)27-11-4-5-12-27/h4-5,8-9,11-12,14H,2-3,6-7,10,13H2,1H3,(H,25,28)(H,26,29). The van der Waals surface area contributed by atoms with Gasteiger partial charge in [-0.25, -0.2) is 0 Å². The van der Waals surface area contributed by atoms with Gasteiger partial charge in [-0.2, -0.15) is 0 Å². The van der Waals surface area contributed by atoms with E-state index < -0.39 is 0 Å². The monoisotopic (exact) mass is 457 g/mol. The van der Waals surface area contributed by atoms with Crippen molar-refractivity contribution in [3.05, 3.63) is 69.3 Å². The molecule has 0 radical (unpaired) electrons. The quantitative estimate of drug-likeness (QED) is 0.505. The van der Waals surface area contributed by atoms with Crippen LogP contribution < -0.4 is 10.6 Å². The van der Waals surface area contributed by atoms with Crippen LogP contribution in [0.2, 0.25) is 5.02 Å². The highest BCUT2D eigenvalue weighted by Crippen LogP contribution is 2.37. The third-order valence-corrected chi connectivity index (χ3v) is 6.90. The number of nitrogens with zero attached hydrogens (tertiary/aromatic N) is 1. The molecule has 2 amide bonds. The third kappa shape index (κ3) is 4.69. The summed E-state index contributed by atoms with van der Waals surface area (Å²) < 4.78 is 6.93. The SMILES string of the molecule is COCCNC(=O)c1ccc(NC(=O)c2c(-n3cccc3)sc3c2CCCC3)cc1Cl. The van der Waals surface area contributed by atoms with Crippen LogP contribution in [0.3, 0.4) is 0 Å². The average Bonchev–Trinajstić information content (AvgIpc) is 3.41. The summed E-state index contributed by atoms with van der Waals surface area (Å²) in [5.41, 5.74) is 2.79. The molecule has 1 aliphatic carbocycles. The lowest BCUT2D eigenvalue weighted by atomic mass is 9.95. The Morgan fingerprint density at radius 1 is 1.16 bits per heavy atom. The third-order valence-electron chi connectivity index (χ3n) is 5.28. The summed E-state index contributed by atoms with van der Waals surface area (Å²) in [5.74, 6) is -0.432. The number of carbonyl (C=O) groups is 2. The van der Waals surface area contributed by atoms with Crippen molar-refractivity contribution >= 4 is 40.4 Å². The number of nitrogens with one attached hydrogen (secondary N) is 2. The van der Waals surface area contributed by atoms with Gasteiger partial charge < -0.3 is 19.9 Å². The fourth-order valence-electron chi connectivity index (χ4n) is 3.77. The molecule has 2 N–H and O–H groups in total. The summed E-state index contributed by atoms with van der Waals surface area (Å²) >= 11 is 8.02. The maximum absolute atomic E-state index is 13.3. The van der Waals surface area contributed by atoms with Gasteiger partial charge in [-0.1, -0.05) is 11.6 Å². The van der Waals surface area contributed by atoms with Gasteiger partial charge in [0, 0.05) is 36.6 Å². The van der Waals surface area contributed by atoms with Gasteiger partial charge in [0.25, 0.3) is 11.8 Å². The molecule has 8 heteroatoms. The molecule has 162 valence electrons. The van der Waals surface area contributed by atoms with Crippen LogP contribution >= 0.6 is 22.9 Å². The van der Waals surface area contributed by atoms with Crippen LogP contribution in [0, 0.1) is 0 Å². The van der Waals surface area contributed by atoms with Crippen LogP contribution in [0.4, 0.5) is 5.69 Å². The number of thiophene rings is 1. The second-order valence-corrected chi connectivity index (χ2v) is 8.87. The first-order valence-electron chi connectivity index (χ1n) is 10.2. The number of aromatic nitrogens is 1. The molecular weight excluding hydrogens is 434 g/mol. The topological polar surface area (TPSA) is 72.4 Å². The lowest BCUT2D eigenvalue weighted by molar-refractivity contribution is 0.0936. The zero-order chi connectivity index (χ0) is 21.8. The van der Waals surface area contributed by atoms with Crippen LogP contribution in [0.25, 0.3) is 5.00 Å². The lowest BCUT2D eigenvalue weighted by Gasteiger charge is -2.14. The predicted molar refractivity (Wildman–Crippen MR) is 124 cm³/mol. The number of hydrogen-bond acceptors (Lipinski definition) is 4. The molecule has 2 heterocycles. The molecule has 1 aromatic carbocycles. The van der Waals surface area contributed by atoms with Crippen molar-refractivity contribution in [1.29, 1.82) is 0 Å². The zero-order valence-corrected chi connectivity index (χ0v) is 18.8. The fourth-order valence-corrected chi connectivity index (χ4v) is 5.39. The average molecular weight is 458 g/mol. The first kappa shape index (κ1) is 21.6. The number of methoxy groups -OCH3 is 1. The van der Waals surface area contributed by atoms with E-state index in [4.69, 9.17) is 16.3 Å². The van der Waals surface area contributed by atoms with Crippen molar-refractivity contribution in [1.82, 2.24) is 9.88 Å². The largest absolute Gasteiger partial charge is 0.383 e. The first-order chi connectivity index (χ1) is 15.1. The summed E-state index contributed by atoms with van der Waals surface area (Å²) in [4.78, 5) is 26.9. The molecule has 0 atom stereocenters. The molecule has 0 unspecified atom stereocenters. The number of anilines is 1. The normalized spacial score (nSPS) is 13.0. The zero-order valence-electron chi connectivity index (χ0n) is 17.2. The van der Waals surface area contributed by atoms with Crippen molar-refractivity contribution in [2.45, 2.75) is 25.7 Å². The molecule has 6 nitrogen and oxygen atoms in total. The summed E-state index contributed by atoms with van der Waals surface area (Å²) in [5, 5.41) is 6.94. The molecular formula is C23H24ClN3O3S. The number of rotatable bonds is 7. The van der Waals surface area contributed by atoms with Crippen LogP contribution in [-0.4, -0.2) is 36.6 Å². The van der Waals surface area contributed by atoms with E-state index in [0.29, 0.717) is 24.4 Å². The van der Waals surface area contributed by atoms with E-state index >= 15 is 0 Å². The van der Waals surface area contributed by atoms with E-state index in [1.54, 1.807) is 36.6 Å². The number of ether oxygens (including phenoxy) is 1.